The van der Waals surface area contributed by atoms with Crippen molar-refractivity contribution in [3.8, 4) is 0 Å². The van der Waals surface area contributed by atoms with E-state index in [1.165, 1.54) is 12.8 Å². The minimum Gasteiger partial charge on any atom is -0.376 e. The van der Waals surface area contributed by atoms with Gasteiger partial charge in [0.05, 0.1) is 12.1 Å². The average Bonchev–Trinajstić information content (AvgIpc) is 3.16. The van der Waals surface area contributed by atoms with E-state index in [-0.39, 0.29) is 12.1 Å². The number of hydrogen-bond donors (Lipinski definition) is 1. The van der Waals surface area contributed by atoms with Crippen LogP contribution in [0.15, 0.2) is 12.4 Å². The lowest BCUT2D eigenvalue weighted by atomic mass is 10.1. The Morgan fingerprint density at radius 3 is 2.79 bits per heavy atom. The van der Waals surface area contributed by atoms with Gasteiger partial charge in [-0.15, -0.1) is 0 Å². The molecule has 4 nitrogen and oxygen atoms in total. The molecule has 4 heteroatoms. The van der Waals surface area contributed by atoms with Gasteiger partial charge in [-0.1, -0.05) is 6.92 Å². The van der Waals surface area contributed by atoms with Crippen molar-refractivity contribution in [2.75, 3.05) is 13.2 Å². The fourth-order valence-electron chi connectivity index (χ4n) is 2.64. The second-order valence-corrected chi connectivity index (χ2v) is 5.26. The van der Waals surface area contributed by atoms with Gasteiger partial charge in [0, 0.05) is 25.5 Å². The first kappa shape index (κ1) is 14.5. The first-order chi connectivity index (χ1) is 9.31. The summed E-state index contributed by atoms with van der Waals surface area (Å²) >= 11 is 0. The molecule has 1 saturated carbocycles. The van der Waals surface area contributed by atoms with E-state index in [0.29, 0.717) is 5.92 Å². The fraction of sp³-hybridized carbons (Fsp3) is 0.800. The molecule has 1 aromatic rings. The van der Waals surface area contributed by atoms with Crippen LogP contribution in [0.2, 0.25) is 0 Å². The van der Waals surface area contributed by atoms with E-state index in [9.17, 15) is 0 Å². The molecule has 2 unspecified atom stereocenters. The Hall–Kier alpha value is -0.870. The average molecular weight is 265 g/mol. The largest absolute Gasteiger partial charge is 0.376 e. The van der Waals surface area contributed by atoms with Crippen LogP contribution >= 0.6 is 0 Å². The molecule has 0 aliphatic heterocycles. The molecule has 0 aromatic carbocycles. The lowest BCUT2D eigenvalue weighted by Gasteiger charge is -2.28. The van der Waals surface area contributed by atoms with Gasteiger partial charge in [0.25, 0.3) is 0 Å². The van der Waals surface area contributed by atoms with Gasteiger partial charge in [-0.25, -0.2) is 4.98 Å². The number of ether oxygens (including phenoxy) is 1. The van der Waals surface area contributed by atoms with Crippen LogP contribution in [0.25, 0.3) is 0 Å². The Balaban J connectivity index is 2.17. The predicted molar refractivity (Wildman–Crippen MR) is 77.1 cm³/mol. The molecular formula is C15H27N3O. The van der Waals surface area contributed by atoms with Crippen LogP contribution in [-0.4, -0.2) is 28.8 Å². The Labute approximate surface area is 116 Å². The van der Waals surface area contributed by atoms with E-state index < -0.39 is 0 Å². The second-order valence-electron chi connectivity index (χ2n) is 5.26. The van der Waals surface area contributed by atoms with Gasteiger partial charge in [0.2, 0.25) is 0 Å². The molecule has 1 heterocycles. The van der Waals surface area contributed by atoms with Crippen molar-refractivity contribution in [3.63, 3.8) is 0 Å². The molecule has 19 heavy (non-hydrogen) atoms. The van der Waals surface area contributed by atoms with E-state index >= 15 is 0 Å². The van der Waals surface area contributed by atoms with Crippen molar-refractivity contribution < 1.29 is 4.74 Å². The van der Waals surface area contributed by atoms with Crippen LogP contribution in [0, 0.1) is 5.92 Å². The van der Waals surface area contributed by atoms with Gasteiger partial charge in [-0.3, -0.25) is 0 Å². The topological polar surface area (TPSA) is 39.1 Å². The van der Waals surface area contributed by atoms with E-state index in [1.54, 1.807) is 0 Å². The highest BCUT2D eigenvalue weighted by Gasteiger charge is 2.39. The number of imidazole rings is 1. The number of aromatic nitrogens is 2. The molecule has 1 aromatic heterocycles. The molecule has 1 aliphatic carbocycles. The molecule has 1 aliphatic rings. The van der Waals surface area contributed by atoms with Gasteiger partial charge in [0.1, 0.15) is 5.82 Å². The zero-order valence-electron chi connectivity index (χ0n) is 12.4. The summed E-state index contributed by atoms with van der Waals surface area (Å²) in [4.78, 5) is 4.57. The van der Waals surface area contributed by atoms with Crippen molar-refractivity contribution in [2.24, 2.45) is 5.92 Å². The SMILES string of the molecule is CCCNC(c1nccn1CC)C(OCC)C1CC1. The zero-order valence-corrected chi connectivity index (χ0v) is 12.4. The zero-order chi connectivity index (χ0) is 13.7. The summed E-state index contributed by atoms with van der Waals surface area (Å²) in [7, 11) is 0. The first-order valence-corrected chi connectivity index (χ1v) is 7.67. The molecule has 2 atom stereocenters. The molecular weight excluding hydrogens is 238 g/mol. The molecule has 0 radical (unpaired) electrons. The minimum atomic E-state index is 0.224. The summed E-state index contributed by atoms with van der Waals surface area (Å²) in [6, 6.07) is 0.224. The standard InChI is InChI=1S/C15H27N3O/c1-4-9-16-13(14(19-6-3)12-7-8-12)15-17-10-11-18(15)5-2/h10-14,16H,4-9H2,1-3H3. The number of nitrogens with zero attached hydrogens (tertiary/aromatic N) is 2. The third-order valence-corrected chi connectivity index (χ3v) is 3.76. The van der Waals surface area contributed by atoms with Crippen LogP contribution < -0.4 is 5.32 Å². The van der Waals surface area contributed by atoms with Crippen molar-refractivity contribution >= 4 is 0 Å². The van der Waals surface area contributed by atoms with Crippen LogP contribution in [-0.2, 0) is 11.3 Å². The van der Waals surface area contributed by atoms with E-state index in [1.807, 2.05) is 6.20 Å². The van der Waals surface area contributed by atoms with Gasteiger partial charge in [0.15, 0.2) is 0 Å². The van der Waals surface area contributed by atoms with Crippen LogP contribution in [0.5, 0.6) is 0 Å². The number of nitrogens with one attached hydrogen (secondary N) is 1. The Morgan fingerprint density at radius 1 is 1.42 bits per heavy atom. The minimum absolute atomic E-state index is 0.224. The summed E-state index contributed by atoms with van der Waals surface area (Å²) < 4.78 is 8.26. The van der Waals surface area contributed by atoms with E-state index in [4.69, 9.17) is 4.74 Å². The predicted octanol–water partition coefficient (Wildman–Crippen LogP) is 2.76. The Kier molecular flexibility index (Phi) is 5.40. The highest BCUT2D eigenvalue weighted by atomic mass is 16.5. The summed E-state index contributed by atoms with van der Waals surface area (Å²) in [6.07, 6.45) is 7.95. The molecule has 0 bridgehead atoms. The highest BCUT2D eigenvalue weighted by Crippen LogP contribution is 2.39. The van der Waals surface area contributed by atoms with Crippen LogP contribution in [0.4, 0.5) is 0 Å². The summed E-state index contributed by atoms with van der Waals surface area (Å²) in [6.45, 7) is 9.19. The Bertz CT molecular complexity index is 373. The summed E-state index contributed by atoms with van der Waals surface area (Å²) in [5, 5.41) is 3.64. The number of aryl methyl sites for hydroxylation is 1. The van der Waals surface area contributed by atoms with Crippen molar-refractivity contribution in [2.45, 2.75) is 58.7 Å². The van der Waals surface area contributed by atoms with Crippen molar-refractivity contribution in [1.82, 2.24) is 14.9 Å². The molecule has 0 spiro atoms. The summed E-state index contributed by atoms with van der Waals surface area (Å²) in [5.74, 6) is 1.83. The molecule has 2 rings (SSSR count). The van der Waals surface area contributed by atoms with Crippen molar-refractivity contribution in [1.29, 1.82) is 0 Å². The molecule has 0 amide bonds. The Morgan fingerprint density at radius 2 is 2.21 bits per heavy atom. The highest BCUT2D eigenvalue weighted by molar-refractivity contribution is 5.05. The fourth-order valence-corrected chi connectivity index (χ4v) is 2.64. The molecule has 1 fully saturated rings. The number of rotatable bonds is 9. The van der Waals surface area contributed by atoms with Gasteiger partial charge >= 0.3 is 0 Å². The van der Waals surface area contributed by atoms with E-state index in [0.717, 1.165) is 31.9 Å². The molecule has 108 valence electrons. The molecule has 0 saturated heterocycles. The lowest BCUT2D eigenvalue weighted by molar-refractivity contribution is 0.0156. The van der Waals surface area contributed by atoms with Gasteiger partial charge in [-0.05, 0) is 45.6 Å². The van der Waals surface area contributed by atoms with Gasteiger partial charge < -0.3 is 14.6 Å². The van der Waals surface area contributed by atoms with Crippen LogP contribution in [0.1, 0.15) is 51.9 Å². The quantitative estimate of drug-likeness (QED) is 0.746. The summed E-state index contributed by atoms with van der Waals surface area (Å²) in [5.41, 5.74) is 0. The lowest BCUT2D eigenvalue weighted by Crippen LogP contribution is -2.37. The monoisotopic (exact) mass is 265 g/mol. The third kappa shape index (κ3) is 3.57. The van der Waals surface area contributed by atoms with Gasteiger partial charge in [-0.2, -0.15) is 0 Å². The third-order valence-electron chi connectivity index (χ3n) is 3.76. The maximum atomic E-state index is 6.03. The normalized spacial score (nSPS) is 18.5. The van der Waals surface area contributed by atoms with Crippen LogP contribution in [0.3, 0.4) is 0 Å². The van der Waals surface area contributed by atoms with E-state index in [2.05, 4.69) is 41.8 Å². The van der Waals surface area contributed by atoms with Crippen molar-refractivity contribution in [3.05, 3.63) is 18.2 Å². The molecule has 1 N–H and O–H groups in total. The number of hydrogen-bond acceptors (Lipinski definition) is 3. The second kappa shape index (κ2) is 7.06. The first-order valence-electron chi connectivity index (χ1n) is 7.67. The maximum Gasteiger partial charge on any atom is 0.128 e. The maximum absolute atomic E-state index is 6.03. The smallest absolute Gasteiger partial charge is 0.128 e.